The Morgan fingerprint density at radius 3 is 1.35 bits per heavy atom. The van der Waals surface area contributed by atoms with Crippen molar-refractivity contribution in [3.63, 3.8) is 0 Å². The van der Waals surface area contributed by atoms with Crippen molar-refractivity contribution >= 4 is 82.0 Å². The normalized spacial score (nSPS) is 11.6. The molecular formula is C70H46N2. The van der Waals surface area contributed by atoms with Gasteiger partial charge in [-0.1, -0.05) is 212 Å². The largest absolute Gasteiger partial charge is 0.310 e. The first-order chi connectivity index (χ1) is 35.7. The molecule has 14 aromatic rings. The average molecular weight is 915 g/mol. The van der Waals surface area contributed by atoms with E-state index in [0.717, 1.165) is 28.3 Å². The summed E-state index contributed by atoms with van der Waals surface area (Å²) >= 11 is 0. The zero-order chi connectivity index (χ0) is 47.5. The van der Waals surface area contributed by atoms with E-state index >= 15 is 0 Å². The summed E-state index contributed by atoms with van der Waals surface area (Å²) in [6, 6.07) is 102. The second kappa shape index (κ2) is 17.2. The summed E-state index contributed by atoms with van der Waals surface area (Å²) in [6.07, 6.45) is 0. The summed E-state index contributed by atoms with van der Waals surface area (Å²) in [5.74, 6) is 0. The van der Waals surface area contributed by atoms with Gasteiger partial charge in [0.15, 0.2) is 0 Å². The van der Waals surface area contributed by atoms with E-state index in [1.54, 1.807) is 0 Å². The molecule has 0 radical (unpaired) electrons. The number of hydrogen-bond donors (Lipinski definition) is 0. The summed E-state index contributed by atoms with van der Waals surface area (Å²) in [7, 11) is 0. The van der Waals surface area contributed by atoms with Crippen LogP contribution in [0.25, 0.3) is 115 Å². The Kier molecular flexibility index (Phi) is 9.89. The van der Waals surface area contributed by atoms with Crippen LogP contribution in [-0.4, -0.2) is 4.57 Å². The van der Waals surface area contributed by atoms with Crippen molar-refractivity contribution in [1.29, 1.82) is 0 Å². The summed E-state index contributed by atoms with van der Waals surface area (Å²) in [4.78, 5) is 2.40. The van der Waals surface area contributed by atoms with Gasteiger partial charge in [0.25, 0.3) is 0 Å². The lowest BCUT2D eigenvalue weighted by Gasteiger charge is -2.26. The van der Waals surface area contributed by atoms with Crippen LogP contribution >= 0.6 is 0 Å². The van der Waals surface area contributed by atoms with Gasteiger partial charge in [0.1, 0.15) is 0 Å². The molecule has 1 heterocycles. The number of aromatic nitrogens is 1. The van der Waals surface area contributed by atoms with E-state index in [-0.39, 0.29) is 0 Å². The van der Waals surface area contributed by atoms with Gasteiger partial charge in [-0.05, 0) is 149 Å². The Morgan fingerprint density at radius 1 is 0.250 bits per heavy atom. The molecule has 0 atom stereocenters. The minimum Gasteiger partial charge on any atom is -0.310 e. The maximum absolute atomic E-state index is 2.45. The van der Waals surface area contributed by atoms with Crippen molar-refractivity contribution in [1.82, 2.24) is 4.57 Å². The molecule has 0 spiro atoms. The summed E-state index contributed by atoms with van der Waals surface area (Å²) in [6.45, 7) is 0. The lowest BCUT2D eigenvalue weighted by Crippen LogP contribution is -2.10. The van der Waals surface area contributed by atoms with Gasteiger partial charge in [-0.25, -0.2) is 0 Å². The van der Waals surface area contributed by atoms with Crippen LogP contribution in [0.2, 0.25) is 0 Å². The highest BCUT2D eigenvalue weighted by atomic mass is 15.1. The zero-order valence-electron chi connectivity index (χ0n) is 39.5. The van der Waals surface area contributed by atoms with Crippen molar-refractivity contribution in [3.8, 4) is 50.2 Å². The minimum absolute atomic E-state index is 1.08. The van der Waals surface area contributed by atoms with E-state index in [4.69, 9.17) is 0 Å². The molecule has 14 rings (SSSR count). The second-order valence-corrected chi connectivity index (χ2v) is 18.9. The molecule has 0 saturated carbocycles. The first kappa shape index (κ1) is 41.5. The number of anilines is 3. The van der Waals surface area contributed by atoms with E-state index in [0.29, 0.717) is 0 Å². The topological polar surface area (TPSA) is 8.17 Å². The van der Waals surface area contributed by atoms with Gasteiger partial charge in [-0.15, -0.1) is 0 Å². The molecule has 2 nitrogen and oxygen atoms in total. The Balaban J connectivity index is 0.902. The van der Waals surface area contributed by atoms with Gasteiger partial charge in [0.05, 0.1) is 11.0 Å². The van der Waals surface area contributed by atoms with Gasteiger partial charge in [0, 0.05) is 39.1 Å². The van der Waals surface area contributed by atoms with Gasteiger partial charge >= 0.3 is 0 Å². The van der Waals surface area contributed by atoms with E-state index in [2.05, 4.69) is 289 Å². The van der Waals surface area contributed by atoms with Crippen molar-refractivity contribution in [2.24, 2.45) is 0 Å². The molecule has 0 aliphatic heterocycles. The highest BCUT2D eigenvalue weighted by molar-refractivity contribution is 6.19. The molecule has 0 aliphatic rings. The predicted molar refractivity (Wildman–Crippen MR) is 307 cm³/mol. The molecule has 0 saturated heterocycles. The highest BCUT2D eigenvalue weighted by Gasteiger charge is 2.21. The van der Waals surface area contributed by atoms with Crippen LogP contribution in [0.3, 0.4) is 0 Å². The molecule has 13 aromatic carbocycles. The third kappa shape index (κ3) is 7.03. The zero-order valence-corrected chi connectivity index (χ0v) is 39.5. The Bertz CT molecular complexity index is 4200. The minimum atomic E-state index is 1.08. The van der Waals surface area contributed by atoms with Crippen LogP contribution in [-0.2, 0) is 0 Å². The van der Waals surface area contributed by atoms with Crippen LogP contribution in [0.15, 0.2) is 279 Å². The van der Waals surface area contributed by atoms with Gasteiger partial charge < -0.3 is 9.47 Å². The van der Waals surface area contributed by atoms with Crippen molar-refractivity contribution in [3.05, 3.63) is 279 Å². The fraction of sp³-hybridized carbons (Fsp3) is 0. The summed E-state index contributed by atoms with van der Waals surface area (Å²) < 4.78 is 2.45. The molecule has 0 unspecified atom stereocenters. The summed E-state index contributed by atoms with van der Waals surface area (Å²) in [5, 5.41) is 12.6. The lowest BCUT2D eigenvalue weighted by atomic mass is 9.96. The Labute approximate surface area is 418 Å². The monoisotopic (exact) mass is 914 g/mol. The predicted octanol–water partition coefficient (Wildman–Crippen LogP) is 19.5. The third-order valence-corrected chi connectivity index (χ3v) is 14.7. The number of nitrogens with zero attached hydrogens (tertiary/aromatic N) is 2. The molecule has 1 aromatic heterocycles. The van der Waals surface area contributed by atoms with Gasteiger partial charge in [-0.3, -0.25) is 0 Å². The maximum atomic E-state index is 2.45. The molecule has 0 aliphatic carbocycles. The standard InChI is InChI=1S/C70H46N2/c1-3-14-49(15-4-1)66-25-12-26-67-69-65(24-13-27-68(69)72(70(66)67)57-19-5-2-6-20-57)54-18-11-21-60(46-54)71(58-38-32-47(33-39-58)52-36-42-63-55(44-52)30-28-50-16-7-9-22-61(50)63)59-40-34-48(35-41-59)53-37-43-64-56(45-53)31-29-51-17-8-10-23-62(51)64/h1-46H. The molecule has 0 amide bonds. The molecule has 0 fully saturated rings. The van der Waals surface area contributed by atoms with Crippen LogP contribution in [0.4, 0.5) is 17.1 Å². The number of rotatable bonds is 8. The Hall–Kier alpha value is -9.50. The summed E-state index contributed by atoms with van der Waals surface area (Å²) in [5.41, 5.74) is 16.3. The van der Waals surface area contributed by atoms with Crippen LogP contribution in [0.1, 0.15) is 0 Å². The van der Waals surface area contributed by atoms with E-state index in [1.807, 2.05) is 0 Å². The van der Waals surface area contributed by atoms with E-state index in [1.165, 1.54) is 104 Å². The number of benzene rings is 13. The smallest absolute Gasteiger partial charge is 0.0619 e. The molecule has 336 valence electrons. The second-order valence-electron chi connectivity index (χ2n) is 18.9. The number of para-hydroxylation sites is 2. The maximum Gasteiger partial charge on any atom is 0.0619 e. The molecule has 0 bridgehead atoms. The quantitative estimate of drug-likeness (QED) is 0.138. The SMILES string of the molecule is c1ccc(-c2cccc3c4c(-c5cccc(N(c6ccc(-c7ccc8c(ccc9ccccc98)c7)cc6)c6ccc(-c7ccc8c(ccc9ccccc98)c7)cc6)c5)cccc4n(-c4ccccc4)c23)cc1. The first-order valence-corrected chi connectivity index (χ1v) is 24.8. The first-order valence-electron chi connectivity index (χ1n) is 24.8. The fourth-order valence-corrected chi connectivity index (χ4v) is 11.3. The number of fused-ring (bicyclic) bond motifs is 9. The molecule has 2 heteroatoms. The van der Waals surface area contributed by atoms with Crippen molar-refractivity contribution < 1.29 is 0 Å². The molecule has 0 N–H and O–H groups in total. The third-order valence-electron chi connectivity index (χ3n) is 14.7. The highest BCUT2D eigenvalue weighted by Crippen LogP contribution is 2.45. The van der Waals surface area contributed by atoms with Gasteiger partial charge in [-0.2, -0.15) is 0 Å². The van der Waals surface area contributed by atoms with Crippen LogP contribution in [0.5, 0.6) is 0 Å². The Morgan fingerprint density at radius 2 is 0.722 bits per heavy atom. The van der Waals surface area contributed by atoms with Crippen LogP contribution < -0.4 is 4.90 Å². The average Bonchev–Trinajstić information content (AvgIpc) is 3.81. The van der Waals surface area contributed by atoms with Crippen LogP contribution in [0, 0.1) is 0 Å². The van der Waals surface area contributed by atoms with E-state index < -0.39 is 0 Å². The lowest BCUT2D eigenvalue weighted by molar-refractivity contribution is 1.18. The van der Waals surface area contributed by atoms with E-state index in [9.17, 15) is 0 Å². The molecular weight excluding hydrogens is 869 g/mol. The number of hydrogen-bond acceptors (Lipinski definition) is 1. The molecule has 72 heavy (non-hydrogen) atoms. The van der Waals surface area contributed by atoms with Crippen molar-refractivity contribution in [2.75, 3.05) is 4.90 Å². The van der Waals surface area contributed by atoms with Crippen molar-refractivity contribution in [2.45, 2.75) is 0 Å². The fourth-order valence-electron chi connectivity index (χ4n) is 11.3. The van der Waals surface area contributed by atoms with Gasteiger partial charge in [0.2, 0.25) is 0 Å².